The molecule has 10 heteroatoms. The molecule has 1 amide bonds. The van der Waals surface area contributed by atoms with Crippen LogP contribution < -0.4 is 16.0 Å². The van der Waals surface area contributed by atoms with Crippen LogP contribution in [0.1, 0.15) is 18.1 Å². The molecule has 2 rings (SSSR count). The molecular formula is C20H24F2N4O3S. The number of anilines is 1. The zero-order valence-electron chi connectivity index (χ0n) is 16.7. The van der Waals surface area contributed by atoms with Gasteiger partial charge in [-0.1, -0.05) is 12.1 Å². The van der Waals surface area contributed by atoms with Crippen LogP contribution in [0, 0.1) is 11.6 Å². The topological polar surface area (TPSA) is 99.7 Å². The van der Waals surface area contributed by atoms with Gasteiger partial charge in [-0.15, -0.1) is 0 Å². The van der Waals surface area contributed by atoms with E-state index in [1.54, 1.807) is 6.07 Å². The number of hydrogen-bond acceptors (Lipinski definition) is 4. The largest absolute Gasteiger partial charge is 0.357 e. The van der Waals surface area contributed by atoms with E-state index in [1.807, 2.05) is 6.92 Å². The first-order valence-corrected chi connectivity index (χ1v) is 11.2. The van der Waals surface area contributed by atoms with Crippen LogP contribution in [-0.4, -0.2) is 39.6 Å². The Morgan fingerprint density at radius 2 is 1.77 bits per heavy atom. The summed E-state index contributed by atoms with van der Waals surface area (Å²) in [6, 6.07) is 9.38. The Bertz CT molecular complexity index is 1030. The van der Waals surface area contributed by atoms with Gasteiger partial charge in [0.05, 0.1) is 18.8 Å². The highest BCUT2D eigenvalue weighted by atomic mass is 32.2. The molecule has 2 aromatic rings. The highest BCUT2D eigenvalue weighted by Crippen LogP contribution is 2.15. The second-order valence-electron chi connectivity index (χ2n) is 6.59. The van der Waals surface area contributed by atoms with Crippen molar-refractivity contribution < 1.29 is 22.0 Å². The third kappa shape index (κ3) is 8.16. The minimum absolute atomic E-state index is 0.0173. The lowest BCUT2D eigenvalue weighted by Gasteiger charge is -2.13. The molecule has 0 radical (unpaired) electrons. The molecule has 0 atom stereocenters. The molecule has 0 heterocycles. The van der Waals surface area contributed by atoms with Crippen molar-refractivity contribution in [3.05, 3.63) is 65.2 Å². The van der Waals surface area contributed by atoms with E-state index in [0.29, 0.717) is 29.3 Å². The van der Waals surface area contributed by atoms with Crippen molar-refractivity contribution in [3.8, 4) is 0 Å². The number of carbonyl (C=O) groups excluding carboxylic acids is 1. The van der Waals surface area contributed by atoms with E-state index in [2.05, 4.69) is 20.9 Å². The number of rotatable bonds is 8. The quantitative estimate of drug-likeness (QED) is 0.434. The highest BCUT2D eigenvalue weighted by Gasteiger charge is 2.11. The highest BCUT2D eigenvalue weighted by molar-refractivity contribution is 7.89. The van der Waals surface area contributed by atoms with Crippen LogP contribution in [0.4, 0.5) is 14.5 Å². The Morgan fingerprint density at radius 3 is 2.43 bits per heavy atom. The molecule has 0 aliphatic rings. The molecule has 0 aliphatic heterocycles. The second kappa shape index (κ2) is 10.7. The summed E-state index contributed by atoms with van der Waals surface area (Å²) in [7, 11) is -3.30. The summed E-state index contributed by atoms with van der Waals surface area (Å²) in [5.41, 5.74) is 1.22. The summed E-state index contributed by atoms with van der Waals surface area (Å²) < 4.78 is 50.0. The molecular weight excluding hydrogens is 414 g/mol. The van der Waals surface area contributed by atoms with Gasteiger partial charge in [-0.3, -0.25) is 4.79 Å². The van der Waals surface area contributed by atoms with Crippen LogP contribution >= 0.6 is 0 Å². The van der Waals surface area contributed by atoms with Gasteiger partial charge < -0.3 is 16.0 Å². The van der Waals surface area contributed by atoms with E-state index >= 15 is 0 Å². The molecule has 0 unspecified atom stereocenters. The van der Waals surface area contributed by atoms with Crippen molar-refractivity contribution in [1.82, 2.24) is 10.6 Å². The van der Waals surface area contributed by atoms with Gasteiger partial charge in [0.1, 0.15) is 11.6 Å². The number of guanidine groups is 1. The summed E-state index contributed by atoms with van der Waals surface area (Å²) >= 11 is 0. The predicted octanol–water partition coefficient (Wildman–Crippen LogP) is 2.20. The SMILES string of the molecule is CCNC(=NCc1cc(F)ccc1CS(C)(=O)=O)NCC(=O)Nc1cccc(F)c1. The van der Waals surface area contributed by atoms with Crippen LogP contribution in [-0.2, 0) is 26.9 Å². The van der Waals surface area contributed by atoms with Crippen LogP contribution in [0.25, 0.3) is 0 Å². The zero-order chi connectivity index (χ0) is 22.1. The molecule has 0 aliphatic carbocycles. The lowest BCUT2D eigenvalue weighted by molar-refractivity contribution is -0.115. The van der Waals surface area contributed by atoms with Crippen LogP contribution in [0.15, 0.2) is 47.5 Å². The van der Waals surface area contributed by atoms with Gasteiger partial charge in [0.15, 0.2) is 15.8 Å². The van der Waals surface area contributed by atoms with Crippen molar-refractivity contribution in [2.75, 3.05) is 24.7 Å². The Morgan fingerprint density at radius 1 is 1.03 bits per heavy atom. The van der Waals surface area contributed by atoms with E-state index < -0.39 is 27.4 Å². The number of nitrogens with one attached hydrogen (secondary N) is 3. The zero-order valence-corrected chi connectivity index (χ0v) is 17.5. The molecule has 7 nitrogen and oxygen atoms in total. The van der Waals surface area contributed by atoms with Gasteiger partial charge in [-0.05, 0) is 48.4 Å². The number of halogens is 2. The number of amides is 1. The number of nitrogens with zero attached hydrogens (tertiary/aromatic N) is 1. The van der Waals surface area contributed by atoms with Gasteiger partial charge in [0.25, 0.3) is 0 Å². The van der Waals surface area contributed by atoms with Crippen molar-refractivity contribution in [2.24, 2.45) is 4.99 Å². The minimum Gasteiger partial charge on any atom is -0.357 e. The van der Waals surface area contributed by atoms with Crippen LogP contribution in [0.5, 0.6) is 0 Å². The third-order valence-corrected chi connectivity index (χ3v) is 4.70. The number of hydrogen-bond donors (Lipinski definition) is 3. The molecule has 0 spiro atoms. The van der Waals surface area contributed by atoms with Crippen molar-refractivity contribution in [2.45, 2.75) is 19.2 Å². The molecule has 0 bridgehead atoms. The van der Waals surface area contributed by atoms with E-state index in [4.69, 9.17) is 0 Å². The van der Waals surface area contributed by atoms with Crippen molar-refractivity contribution in [1.29, 1.82) is 0 Å². The fourth-order valence-corrected chi connectivity index (χ4v) is 3.45. The predicted molar refractivity (Wildman–Crippen MR) is 113 cm³/mol. The summed E-state index contributed by atoms with van der Waals surface area (Å²) in [5.74, 6) is -1.30. The molecule has 3 N–H and O–H groups in total. The average molecular weight is 439 g/mol. The molecule has 2 aromatic carbocycles. The molecule has 30 heavy (non-hydrogen) atoms. The summed E-state index contributed by atoms with van der Waals surface area (Å²) in [6.45, 7) is 2.23. The van der Waals surface area contributed by atoms with Crippen molar-refractivity contribution in [3.63, 3.8) is 0 Å². The van der Waals surface area contributed by atoms with Gasteiger partial charge in [0.2, 0.25) is 5.91 Å². The lowest BCUT2D eigenvalue weighted by Crippen LogP contribution is -2.41. The van der Waals surface area contributed by atoms with Gasteiger partial charge >= 0.3 is 0 Å². The number of sulfone groups is 1. The standard InChI is InChI=1S/C20H24F2N4O3S/c1-3-23-20(25-12-19(27)26-18-6-4-5-16(21)10-18)24-11-15-9-17(22)8-7-14(15)13-30(2,28)29/h4-10H,3,11-13H2,1-2H3,(H,26,27)(H2,23,24,25). The summed E-state index contributed by atoms with van der Waals surface area (Å²) in [6.07, 6.45) is 1.10. The summed E-state index contributed by atoms with van der Waals surface area (Å²) in [5, 5.41) is 8.34. The first kappa shape index (κ1) is 23.3. The Kier molecular flexibility index (Phi) is 8.28. The monoisotopic (exact) mass is 438 g/mol. The first-order valence-electron chi connectivity index (χ1n) is 9.19. The maximum Gasteiger partial charge on any atom is 0.243 e. The fraction of sp³-hybridized carbons (Fsp3) is 0.300. The molecule has 0 aromatic heterocycles. The van der Waals surface area contributed by atoms with E-state index in [0.717, 1.165) is 6.26 Å². The molecule has 0 saturated heterocycles. The molecule has 0 saturated carbocycles. The number of benzene rings is 2. The smallest absolute Gasteiger partial charge is 0.243 e. The minimum atomic E-state index is -3.30. The normalized spacial score (nSPS) is 11.8. The van der Waals surface area contributed by atoms with Crippen molar-refractivity contribution >= 4 is 27.4 Å². The van der Waals surface area contributed by atoms with Crippen LogP contribution in [0.2, 0.25) is 0 Å². The van der Waals surface area contributed by atoms with Crippen LogP contribution in [0.3, 0.4) is 0 Å². The van der Waals surface area contributed by atoms with Gasteiger partial charge in [0, 0.05) is 18.5 Å². The van der Waals surface area contributed by atoms with E-state index in [-0.39, 0.29) is 18.8 Å². The van der Waals surface area contributed by atoms with Gasteiger partial charge in [-0.2, -0.15) is 0 Å². The van der Waals surface area contributed by atoms with E-state index in [1.165, 1.54) is 36.4 Å². The number of aliphatic imine (C=N–C) groups is 1. The Balaban J connectivity index is 2.05. The van der Waals surface area contributed by atoms with Gasteiger partial charge in [-0.25, -0.2) is 22.2 Å². The Labute approximate surface area is 174 Å². The average Bonchev–Trinajstić information content (AvgIpc) is 2.65. The number of carbonyl (C=O) groups is 1. The molecule has 162 valence electrons. The Hall–Kier alpha value is -3.01. The lowest BCUT2D eigenvalue weighted by atomic mass is 10.1. The molecule has 0 fully saturated rings. The maximum atomic E-state index is 13.6. The first-order chi connectivity index (χ1) is 14.2. The fourth-order valence-electron chi connectivity index (χ4n) is 2.61. The third-order valence-electron chi connectivity index (χ3n) is 3.86. The second-order valence-corrected chi connectivity index (χ2v) is 8.73. The maximum absolute atomic E-state index is 13.6. The van der Waals surface area contributed by atoms with E-state index in [9.17, 15) is 22.0 Å². The summed E-state index contributed by atoms with van der Waals surface area (Å²) in [4.78, 5) is 16.4.